The number of carbonyl (C=O) groups excluding carboxylic acids is 2. The van der Waals surface area contributed by atoms with E-state index in [-0.39, 0.29) is 10.7 Å². The molecule has 0 aliphatic carbocycles. The first-order chi connectivity index (χ1) is 13.6. The lowest BCUT2D eigenvalue weighted by molar-refractivity contribution is -0.123. The van der Waals surface area contributed by atoms with Crippen molar-refractivity contribution in [2.24, 2.45) is 5.14 Å². The number of ether oxygens (including phenoxy) is 1. The Bertz CT molecular complexity index is 1200. The predicted octanol–water partition coefficient (Wildman–Crippen LogP) is 3.23. The Hall–Kier alpha value is -2.88. The van der Waals surface area contributed by atoms with Gasteiger partial charge in [-0.1, -0.05) is 23.7 Å². The Morgan fingerprint density at radius 1 is 1.17 bits per heavy atom. The predicted molar refractivity (Wildman–Crippen MR) is 107 cm³/mol. The summed E-state index contributed by atoms with van der Waals surface area (Å²) in [6, 6.07) is 10.4. The Morgan fingerprint density at radius 3 is 2.41 bits per heavy atom. The molecule has 1 heterocycles. The van der Waals surface area contributed by atoms with E-state index < -0.39 is 28.0 Å². The number of rotatable bonds is 5. The van der Waals surface area contributed by atoms with Crippen LogP contribution in [-0.2, 0) is 19.6 Å². The Balaban J connectivity index is 1.70. The van der Waals surface area contributed by atoms with Crippen LogP contribution in [0, 0.1) is 6.92 Å². The van der Waals surface area contributed by atoms with Crippen molar-refractivity contribution in [2.75, 3.05) is 5.32 Å². The molecule has 0 bridgehead atoms. The number of amides is 1. The molecule has 10 heteroatoms. The number of nitrogens with one attached hydrogen (secondary N) is 1. The quantitative estimate of drug-likeness (QED) is 0.591. The van der Waals surface area contributed by atoms with E-state index in [2.05, 4.69) is 5.32 Å². The molecule has 3 N–H and O–H groups in total. The summed E-state index contributed by atoms with van der Waals surface area (Å²) in [7, 11) is -3.83. The van der Waals surface area contributed by atoms with Crippen LogP contribution in [-0.4, -0.2) is 26.4 Å². The fraction of sp³-hybridized carbons (Fsp3) is 0.158. The fourth-order valence-electron chi connectivity index (χ4n) is 2.64. The normalized spacial score (nSPS) is 12.6. The van der Waals surface area contributed by atoms with Crippen LogP contribution >= 0.6 is 11.6 Å². The minimum Gasteiger partial charge on any atom is -0.447 e. The summed E-state index contributed by atoms with van der Waals surface area (Å²) in [6.45, 7) is 3.09. The van der Waals surface area contributed by atoms with E-state index in [1.54, 1.807) is 25.1 Å². The summed E-state index contributed by atoms with van der Waals surface area (Å²) in [5.74, 6) is -1.44. The Labute approximate surface area is 171 Å². The van der Waals surface area contributed by atoms with E-state index in [1.807, 2.05) is 0 Å². The van der Waals surface area contributed by atoms with Crippen LogP contribution in [0.3, 0.4) is 0 Å². The van der Waals surface area contributed by atoms with Crippen LogP contribution in [0.15, 0.2) is 51.8 Å². The number of fused-ring (bicyclic) bond motifs is 1. The minimum absolute atomic E-state index is 0.0368. The highest BCUT2D eigenvalue weighted by Gasteiger charge is 2.25. The molecule has 3 aromatic rings. The number of hydrogen-bond donors (Lipinski definition) is 2. The zero-order valence-electron chi connectivity index (χ0n) is 15.4. The lowest BCUT2D eigenvalue weighted by Gasteiger charge is -2.13. The van der Waals surface area contributed by atoms with Crippen molar-refractivity contribution in [2.45, 2.75) is 24.8 Å². The first-order valence-electron chi connectivity index (χ1n) is 8.40. The van der Waals surface area contributed by atoms with Crippen molar-refractivity contribution >= 4 is 50.2 Å². The van der Waals surface area contributed by atoms with Gasteiger partial charge in [0.2, 0.25) is 15.8 Å². The number of benzene rings is 2. The molecule has 1 aromatic heterocycles. The van der Waals surface area contributed by atoms with Gasteiger partial charge in [-0.05, 0) is 44.2 Å². The molecule has 2 aromatic carbocycles. The molecule has 0 unspecified atom stereocenters. The van der Waals surface area contributed by atoms with Crippen molar-refractivity contribution in [1.29, 1.82) is 0 Å². The lowest BCUT2D eigenvalue weighted by atomic mass is 10.1. The zero-order chi connectivity index (χ0) is 21.3. The van der Waals surface area contributed by atoms with Gasteiger partial charge in [0.15, 0.2) is 11.7 Å². The smallest absolute Gasteiger partial charge is 0.375 e. The maximum Gasteiger partial charge on any atom is 0.375 e. The molecule has 3 rings (SSSR count). The third-order valence-electron chi connectivity index (χ3n) is 4.20. The molecule has 152 valence electrons. The van der Waals surface area contributed by atoms with Crippen LogP contribution in [0.5, 0.6) is 0 Å². The molecule has 8 nitrogen and oxygen atoms in total. The Morgan fingerprint density at radius 2 is 1.83 bits per heavy atom. The second-order valence-corrected chi connectivity index (χ2v) is 8.25. The molecule has 0 saturated carbocycles. The largest absolute Gasteiger partial charge is 0.447 e. The fourth-order valence-corrected chi connectivity index (χ4v) is 3.37. The molecule has 0 saturated heterocycles. The van der Waals surface area contributed by atoms with E-state index in [4.69, 9.17) is 25.9 Å². The van der Waals surface area contributed by atoms with Crippen LogP contribution in [0.4, 0.5) is 5.69 Å². The van der Waals surface area contributed by atoms with Gasteiger partial charge in [0.1, 0.15) is 0 Å². The first-order valence-corrected chi connectivity index (χ1v) is 10.3. The van der Waals surface area contributed by atoms with Crippen molar-refractivity contribution in [1.82, 2.24) is 0 Å². The zero-order valence-corrected chi connectivity index (χ0v) is 17.0. The van der Waals surface area contributed by atoms with Gasteiger partial charge in [-0.2, -0.15) is 0 Å². The molecule has 0 aliphatic heterocycles. The summed E-state index contributed by atoms with van der Waals surface area (Å²) in [4.78, 5) is 24.6. The molecule has 29 heavy (non-hydrogen) atoms. The summed E-state index contributed by atoms with van der Waals surface area (Å²) in [6.07, 6.45) is -1.14. The maximum absolute atomic E-state index is 12.4. The molecule has 0 radical (unpaired) electrons. The maximum atomic E-state index is 12.4. The molecular weight excluding hydrogens is 420 g/mol. The first kappa shape index (κ1) is 20.8. The van der Waals surface area contributed by atoms with Gasteiger partial charge >= 0.3 is 5.97 Å². The molecule has 0 fully saturated rings. The standard InChI is InChI=1S/C19H17ClN2O6S/c1-10-14-4-3-5-15(20)17(14)28-16(10)19(24)27-11(2)18(23)22-12-6-8-13(9-7-12)29(21,25)26/h3-9,11H,1-2H3,(H,22,23)(H2,21,25,26)/t11-/m0/s1. The van der Waals surface area contributed by atoms with Crippen molar-refractivity contribution < 1.29 is 27.2 Å². The average molecular weight is 437 g/mol. The van der Waals surface area contributed by atoms with Gasteiger partial charge < -0.3 is 14.5 Å². The third-order valence-corrected chi connectivity index (χ3v) is 5.43. The number of furan rings is 1. The third kappa shape index (κ3) is 4.42. The average Bonchev–Trinajstić information content (AvgIpc) is 3.00. The van der Waals surface area contributed by atoms with E-state index in [0.717, 1.165) is 0 Å². The highest BCUT2D eigenvalue weighted by atomic mass is 35.5. The van der Waals surface area contributed by atoms with Gasteiger partial charge in [-0.3, -0.25) is 4.79 Å². The number of sulfonamides is 1. The topological polar surface area (TPSA) is 129 Å². The van der Waals surface area contributed by atoms with E-state index in [1.165, 1.54) is 31.2 Å². The van der Waals surface area contributed by atoms with E-state index >= 15 is 0 Å². The molecular formula is C19H17ClN2O6S. The van der Waals surface area contributed by atoms with Crippen LogP contribution < -0.4 is 10.5 Å². The monoisotopic (exact) mass is 436 g/mol. The number of halogens is 1. The molecule has 1 atom stereocenters. The summed E-state index contributed by atoms with van der Waals surface area (Å²) in [5.41, 5.74) is 1.24. The highest BCUT2D eigenvalue weighted by Crippen LogP contribution is 2.31. The van der Waals surface area contributed by atoms with Gasteiger partial charge in [-0.25, -0.2) is 18.4 Å². The van der Waals surface area contributed by atoms with Gasteiger partial charge in [0.05, 0.1) is 9.92 Å². The summed E-state index contributed by atoms with van der Waals surface area (Å²) in [5, 5.41) is 8.59. The number of aryl methyl sites for hydroxylation is 1. The molecule has 0 spiro atoms. The number of para-hydroxylation sites is 1. The van der Waals surface area contributed by atoms with Gasteiger partial charge in [0, 0.05) is 16.6 Å². The van der Waals surface area contributed by atoms with Crippen molar-refractivity contribution in [3.05, 3.63) is 58.8 Å². The second kappa shape index (κ2) is 7.86. The minimum atomic E-state index is -3.83. The van der Waals surface area contributed by atoms with Crippen LogP contribution in [0.1, 0.15) is 23.0 Å². The Kier molecular flexibility index (Phi) is 5.65. The lowest BCUT2D eigenvalue weighted by Crippen LogP contribution is -2.30. The SMILES string of the molecule is Cc1c(C(=O)O[C@@H](C)C(=O)Nc2ccc(S(N)(=O)=O)cc2)oc2c(Cl)cccc12. The summed E-state index contributed by atoms with van der Waals surface area (Å²) < 4.78 is 33.2. The van der Waals surface area contributed by atoms with Crippen molar-refractivity contribution in [3.63, 3.8) is 0 Å². The molecule has 1 amide bonds. The number of nitrogens with two attached hydrogens (primary N) is 1. The molecule has 0 aliphatic rings. The number of anilines is 1. The number of primary sulfonamides is 1. The van der Waals surface area contributed by atoms with E-state index in [9.17, 15) is 18.0 Å². The van der Waals surface area contributed by atoms with Gasteiger partial charge in [0.25, 0.3) is 5.91 Å². The van der Waals surface area contributed by atoms with Gasteiger partial charge in [-0.15, -0.1) is 0 Å². The number of esters is 1. The number of hydrogen-bond acceptors (Lipinski definition) is 6. The summed E-state index contributed by atoms with van der Waals surface area (Å²) >= 11 is 6.08. The second-order valence-electron chi connectivity index (χ2n) is 6.28. The van der Waals surface area contributed by atoms with Crippen LogP contribution in [0.2, 0.25) is 5.02 Å². The van der Waals surface area contributed by atoms with Crippen LogP contribution in [0.25, 0.3) is 11.0 Å². The van der Waals surface area contributed by atoms with E-state index in [0.29, 0.717) is 27.2 Å². The number of carbonyl (C=O) groups is 2. The highest BCUT2D eigenvalue weighted by molar-refractivity contribution is 7.89. The van der Waals surface area contributed by atoms with Crippen molar-refractivity contribution in [3.8, 4) is 0 Å².